The van der Waals surface area contributed by atoms with E-state index in [1.165, 1.54) is 0 Å². The van der Waals surface area contributed by atoms with Crippen LogP contribution in [0.5, 0.6) is 0 Å². The highest BCUT2D eigenvalue weighted by atomic mass is 32.2. The number of fused-ring (bicyclic) bond motifs is 3. The van der Waals surface area contributed by atoms with Gasteiger partial charge < -0.3 is 28.8 Å². The summed E-state index contributed by atoms with van der Waals surface area (Å²) in [6, 6.07) is 0. The van der Waals surface area contributed by atoms with E-state index in [4.69, 9.17) is 28.8 Å². The Balaban J connectivity index is 1.87. The Morgan fingerprint density at radius 1 is 1.26 bits per heavy atom. The van der Waals surface area contributed by atoms with Crippen LogP contribution >= 0.6 is 0 Å². The van der Waals surface area contributed by atoms with Gasteiger partial charge in [0.2, 0.25) is 5.79 Å². The predicted octanol–water partition coefficient (Wildman–Crippen LogP) is -1.42. The molecule has 0 spiro atoms. The molecule has 23 heavy (non-hydrogen) atoms. The summed E-state index contributed by atoms with van der Waals surface area (Å²) in [4.78, 5) is 0. The minimum absolute atomic E-state index is 0.0597. The molecule has 0 radical (unpaired) electrons. The van der Waals surface area contributed by atoms with E-state index in [-0.39, 0.29) is 13.2 Å². The van der Waals surface area contributed by atoms with Crippen LogP contribution in [-0.4, -0.2) is 69.0 Å². The van der Waals surface area contributed by atoms with Gasteiger partial charge in [-0.3, -0.25) is 4.18 Å². The molecular weight excluding hydrogens is 334 g/mol. The maximum Gasteiger partial charge on any atom is 0.333 e. The highest BCUT2D eigenvalue weighted by molar-refractivity contribution is 7.84. The second kappa shape index (κ2) is 5.31. The highest BCUT2D eigenvalue weighted by Gasteiger charge is 2.66. The van der Waals surface area contributed by atoms with Crippen molar-refractivity contribution in [1.29, 1.82) is 0 Å². The molecule has 3 heterocycles. The summed E-state index contributed by atoms with van der Waals surface area (Å²) in [5.41, 5.74) is 0. The zero-order chi connectivity index (χ0) is 17.1. The monoisotopic (exact) mass is 355 g/mol. The van der Waals surface area contributed by atoms with Crippen LogP contribution < -0.4 is 5.14 Å². The Morgan fingerprint density at radius 3 is 2.57 bits per heavy atom. The normalized spacial score (nSPS) is 45.7. The van der Waals surface area contributed by atoms with Crippen molar-refractivity contribution in [3.05, 3.63) is 0 Å². The Bertz CT molecular complexity index is 581. The van der Waals surface area contributed by atoms with Crippen molar-refractivity contribution >= 4 is 10.3 Å². The van der Waals surface area contributed by atoms with E-state index in [1.807, 2.05) is 0 Å². The molecule has 3 rings (SSSR count). The fraction of sp³-hybridized carbons (Fsp3) is 1.00. The molecule has 3 aliphatic rings. The van der Waals surface area contributed by atoms with Gasteiger partial charge >= 0.3 is 10.3 Å². The first-order valence-corrected chi connectivity index (χ1v) is 8.60. The van der Waals surface area contributed by atoms with Gasteiger partial charge in [-0.05, 0) is 20.8 Å². The molecular formula is C12H21NO9S. The quantitative estimate of drug-likeness (QED) is 0.622. The molecule has 0 amide bonds. The van der Waals surface area contributed by atoms with Crippen molar-refractivity contribution in [2.75, 3.05) is 19.8 Å². The van der Waals surface area contributed by atoms with Gasteiger partial charge in [-0.15, -0.1) is 0 Å². The van der Waals surface area contributed by atoms with Crippen molar-refractivity contribution in [3.8, 4) is 0 Å². The second-order valence-electron chi connectivity index (χ2n) is 6.45. The van der Waals surface area contributed by atoms with Crippen LogP contribution in [0.3, 0.4) is 0 Å². The zero-order valence-electron chi connectivity index (χ0n) is 13.1. The lowest BCUT2D eigenvalue weighted by atomic mass is 9.98. The largest absolute Gasteiger partial charge is 0.391 e. The van der Waals surface area contributed by atoms with Gasteiger partial charge in [-0.2, -0.15) is 8.42 Å². The first-order chi connectivity index (χ1) is 10.5. The second-order valence-corrected chi connectivity index (χ2v) is 7.67. The average molecular weight is 355 g/mol. The van der Waals surface area contributed by atoms with Crippen LogP contribution in [0.25, 0.3) is 0 Å². The number of nitrogens with two attached hydrogens (primary N) is 1. The Labute approximate surface area is 134 Å². The maximum absolute atomic E-state index is 11.1. The fourth-order valence-electron chi connectivity index (χ4n) is 3.10. The summed E-state index contributed by atoms with van der Waals surface area (Å²) < 4.78 is 55.6. The van der Waals surface area contributed by atoms with E-state index in [0.717, 1.165) is 0 Å². The van der Waals surface area contributed by atoms with Crippen molar-refractivity contribution in [2.45, 2.75) is 56.4 Å². The maximum atomic E-state index is 11.1. The molecule has 10 nitrogen and oxygen atoms in total. The summed E-state index contributed by atoms with van der Waals surface area (Å²) in [5, 5.41) is 14.3. The number of hydrogen-bond acceptors (Lipinski definition) is 9. The molecule has 0 bridgehead atoms. The summed E-state index contributed by atoms with van der Waals surface area (Å²) in [5.74, 6) is -3.74. The average Bonchev–Trinajstić information content (AvgIpc) is 2.90. The van der Waals surface area contributed by atoms with Crippen molar-refractivity contribution < 1.29 is 41.4 Å². The van der Waals surface area contributed by atoms with Crippen molar-refractivity contribution in [2.24, 2.45) is 5.14 Å². The molecule has 0 saturated carbocycles. The predicted molar refractivity (Wildman–Crippen MR) is 73.0 cm³/mol. The van der Waals surface area contributed by atoms with Gasteiger partial charge in [0.1, 0.15) is 24.9 Å². The Morgan fingerprint density at radius 2 is 1.96 bits per heavy atom. The molecule has 3 aliphatic heterocycles. The summed E-state index contributed by atoms with van der Waals surface area (Å²) in [6.07, 6.45) is -1.92. The zero-order valence-corrected chi connectivity index (χ0v) is 13.9. The summed E-state index contributed by atoms with van der Waals surface area (Å²) in [7, 11) is -4.18. The molecule has 0 aromatic carbocycles. The lowest BCUT2D eigenvalue weighted by Crippen LogP contribution is -2.60. The lowest BCUT2D eigenvalue weighted by Gasteiger charge is -2.40. The van der Waals surface area contributed by atoms with Gasteiger partial charge in [0.25, 0.3) is 0 Å². The number of ether oxygens (including phenoxy) is 5. The topological polar surface area (TPSA) is 136 Å². The van der Waals surface area contributed by atoms with Gasteiger partial charge in [-0.25, -0.2) is 5.14 Å². The van der Waals surface area contributed by atoms with Crippen molar-refractivity contribution in [1.82, 2.24) is 0 Å². The SMILES string of the molecule is CC1(C)O[C@@H]2[C@H]3O[C@](C)(CO)O[C@H]3CO[C@]2(COS(N)(=O)=O)O1. The molecule has 5 atom stereocenters. The van der Waals surface area contributed by atoms with E-state index in [1.54, 1.807) is 20.8 Å². The first-order valence-electron chi connectivity index (χ1n) is 7.13. The standard InChI is InChI=1S/C12H21NO9S/c1-10(2)21-9-8-7(19-11(3,5-14)20-8)4-17-12(9,22-10)6-18-23(13,15)16/h7-9,14H,4-6H2,1-3H3,(H2,13,15,16)/t7-,8-,9+,11+,12+/m0/s1. The minimum atomic E-state index is -4.18. The van der Waals surface area contributed by atoms with E-state index in [9.17, 15) is 13.5 Å². The van der Waals surface area contributed by atoms with Crippen LogP contribution in [0.15, 0.2) is 0 Å². The molecule has 0 aromatic heterocycles. The lowest BCUT2D eigenvalue weighted by molar-refractivity contribution is -0.290. The smallest absolute Gasteiger partial charge is 0.333 e. The number of aliphatic hydroxyl groups is 1. The molecule has 0 unspecified atom stereocenters. The highest BCUT2D eigenvalue weighted by Crippen LogP contribution is 2.47. The Hall–Kier alpha value is -0.370. The third kappa shape index (κ3) is 3.25. The molecule has 0 aromatic rings. The minimum Gasteiger partial charge on any atom is -0.391 e. The van der Waals surface area contributed by atoms with Crippen LogP contribution in [-0.2, 0) is 38.2 Å². The third-order valence-corrected chi connectivity index (χ3v) is 4.36. The number of hydrogen-bond donors (Lipinski definition) is 2. The summed E-state index contributed by atoms with van der Waals surface area (Å²) in [6.45, 7) is 4.13. The summed E-state index contributed by atoms with van der Waals surface area (Å²) >= 11 is 0. The number of aliphatic hydroxyl groups excluding tert-OH is 1. The van der Waals surface area contributed by atoms with Crippen LogP contribution in [0.2, 0.25) is 0 Å². The fourth-order valence-corrected chi connectivity index (χ4v) is 3.43. The van der Waals surface area contributed by atoms with Crippen LogP contribution in [0.4, 0.5) is 0 Å². The molecule has 3 saturated heterocycles. The van der Waals surface area contributed by atoms with Gasteiger partial charge in [0.05, 0.1) is 13.2 Å². The van der Waals surface area contributed by atoms with E-state index in [2.05, 4.69) is 4.18 Å². The van der Waals surface area contributed by atoms with E-state index < -0.39 is 52.6 Å². The molecule has 134 valence electrons. The van der Waals surface area contributed by atoms with E-state index >= 15 is 0 Å². The van der Waals surface area contributed by atoms with Gasteiger partial charge in [0, 0.05) is 0 Å². The van der Waals surface area contributed by atoms with Crippen LogP contribution in [0, 0.1) is 0 Å². The molecule has 11 heteroatoms. The molecule has 3 N–H and O–H groups in total. The van der Waals surface area contributed by atoms with Crippen molar-refractivity contribution in [3.63, 3.8) is 0 Å². The third-order valence-electron chi connectivity index (χ3n) is 3.92. The van der Waals surface area contributed by atoms with Crippen LogP contribution in [0.1, 0.15) is 20.8 Å². The van der Waals surface area contributed by atoms with E-state index in [0.29, 0.717) is 0 Å². The molecule has 3 fully saturated rings. The first kappa shape index (κ1) is 17.5. The molecule has 0 aliphatic carbocycles. The number of rotatable bonds is 4. The van der Waals surface area contributed by atoms with Gasteiger partial charge in [0.15, 0.2) is 11.6 Å². The Kier molecular flexibility index (Phi) is 4.03. The van der Waals surface area contributed by atoms with Gasteiger partial charge in [-0.1, -0.05) is 0 Å².